The molecule has 3 rings (SSSR count). The number of aryl methyl sites for hydroxylation is 1. The molecule has 2 heterocycles. The van der Waals surface area contributed by atoms with Gasteiger partial charge in [0.1, 0.15) is 5.75 Å². The Labute approximate surface area is 97.0 Å². The Kier molecular flexibility index (Phi) is 2.60. The van der Waals surface area contributed by atoms with Crippen molar-refractivity contribution in [1.29, 1.82) is 0 Å². The van der Waals surface area contributed by atoms with Crippen molar-refractivity contribution in [2.75, 3.05) is 19.7 Å². The summed E-state index contributed by atoms with van der Waals surface area (Å²) in [5.74, 6) is 1.91. The van der Waals surface area contributed by atoms with Gasteiger partial charge in [-0.1, -0.05) is 12.1 Å². The van der Waals surface area contributed by atoms with E-state index in [1.54, 1.807) is 0 Å². The topological polar surface area (TPSA) is 21.3 Å². The van der Waals surface area contributed by atoms with Gasteiger partial charge in [0.25, 0.3) is 0 Å². The van der Waals surface area contributed by atoms with Crippen LogP contribution in [0.3, 0.4) is 0 Å². The zero-order valence-corrected chi connectivity index (χ0v) is 9.88. The van der Waals surface area contributed by atoms with Gasteiger partial charge in [0.15, 0.2) is 0 Å². The maximum Gasteiger partial charge on any atom is 0.125 e. The van der Waals surface area contributed by atoms with Crippen LogP contribution in [0.4, 0.5) is 0 Å². The minimum Gasteiger partial charge on any atom is -0.493 e. The SMILES string of the molecule is Cc1cc(C2CCNCC2)cc2c1OCC2. The highest BCUT2D eigenvalue weighted by Gasteiger charge is 2.20. The summed E-state index contributed by atoms with van der Waals surface area (Å²) < 4.78 is 5.66. The van der Waals surface area contributed by atoms with E-state index in [1.807, 2.05) is 0 Å². The summed E-state index contributed by atoms with van der Waals surface area (Å²) in [7, 11) is 0. The second kappa shape index (κ2) is 4.10. The first-order valence-electron chi connectivity index (χ1n) is 6.31. The summed E-state index contributed by atoms with van der Waals surface area (Å²) in [6, 6.07) is 4.71. The highest BCUT2D eigenvalue weighted by molar-refractivity contribution is 5.47. The maximum atomic E-state index is 5.66. The number of ether oxygens (including phenoxy) is 1. The molecule has 0 spiro atoms. The van der Waals surface area contributed by atoms with Gasteiger partial charge in [-0.15, -0.1) is 0 Å². The lowest BCUT2D eigenvalue weighted by Crippen LogP contribution is -2.26. The molecule has 1 saturated heterocycles. The van der Waals surface area contributed by atoms with Crippen LogP contribution in [0.2, 0.25) is 0 Å². The molecule has 0 atom stereocenters. The van der Waals surface area contributed by atoms with Gasteiger partial charge >= 0.3 is 0 Å². The van der Waals surface area contributed by atoms with Gasteiger partial charge in [0.2, 0.25) is 0 Å². The van der Waals surface area contributed by atoms with Gasteiger partial charge in [-0.3, -0.25) is 0 Å². The predicted octanol–water partition coefficient (Wildman–Crippen LogP) is 2.40. The zero-order chi connectivity index (χ0) is 11.0. The largest absolute Gasteiger partial charge is 0.493 e. The fourth-order valence-corrected chi connectivity index (χ4v) is 2.92. The van der Waals surface area contributed by atoms with E-state index in [9.17, 15) is 0 Å². The van der Waals surface area contributed by atoms with Crippen molar-refractivity contribution in [3.8, 4) is 5.75 Å². The normalized spacial score (nSPS) is 20.6. The fraction of sp³-hybridized carbons (Fsp3) is 0.571. The third kappa shape index (κ3) is 1.71. The standard InChI is InChI=1S/C14H19NO/c1-10-8-13(11-2-5-15-6-3-11)9-12-4-7-16-14(10)12/h8-9,11,15H,2-7H2,1H3. The summed E-state index contributed by atoms with van der Waals surface area (Å²) in [5, 5.41) is 3.43. The highest BCUT2D eigenvalue weighted by Crippen LogP contribution is 2.35. The second-order valence-electron chi connectivity index (χ2n) is 4.95. The van der Waals surface area contributed by atoms with Crippen molar-refractivity contribution in [3.05, 3.63) is 28.8 Å². The minimum atomic E-state index is 0.755. The number of benzene rings is 1. The van der Waals surface area contributed by atoms with Crippen LogP contribution in [-0.4, -0.2) is 19.7 Å². The molecule has 1 aromatic carbocycles. The number of piperidine rings is 1. The molecule has 2 nitrogen and oxygen atoms in total. The van der Waals surface area contributed by atoms with Crippen LogP contribution in [0.15, 0.2) is 12.1 Å². The van der Waals surface area contributed by atoms with Crippen molar-refractivity contribution < 1.29 is 4.74 Å². The zero-order valence-electron chi connectivity index (χ0n) is 9.88. The van der Waals surface area contributed by atoms with E-state index in [-0.39, 0.29) is 0 Å². The highest BCUT2D eigenvalue weighted by atomic mass is 16.5. The molecule has 86 valence electrons. The molecule has 0 aliphatic carbocycles. The summed E-state index contributed by atoms with van der Waals surface area (Å²) in [5.41, 5.74) is 4.28. The smallest absolute Gasteiger partial charge is 0.125 e. The maximum absolute atomic E-state index is 5.66. The Morgan fingerprint density at radius 1 is 1.25 bits per heavy atom. The lowest BCUT2D eigenvalue weighted by Gasteiger charge is -2.23. The second-order valence-corrected chi connectivity index (χ2v) is 4.95. The molecule has 16 heavy (non-hydrogen) atoms. The number of hydrogen-bond donors (Lipinski definition) is 1. The molecule has 2 aliphatic heterocycles. The van der Waals surface area contributed by atoms with Gasteiger partial charge in [0, 0.05) is 6.42 Å². The van der Waals surface area contributed by atoms with Gasteiger partial charge in [-0.05, 0) is 55.5 Å². The molecular formula is C14H19NO. The number of fused-ring (bicyclic) bond motifs is 1. The minimum absolute atomic E-state index is 0.755. The Bertz CT molecular complexity index is 394. The molecule has 2 heteroatoms. The van der Waals surface area contributed by atoms with Crippen molar-refractivity contribution in [2.45, 2.75) is 32.1 Å². The summed E-state index contributed by atoms with van der Waals surface area (Å²) >= 11 is 0. The van der Waals surface area contributed by atoms with Crippen molar-refractivity contribution in [2.24, 2.45) is 0 Å². The molecule has 1 aromatic rings. The van der Waals surface area contributed by atoms with E-state index in [4.69, 9.17) is 4.74 Å². The number of rotatable bonds is 1. The van der Waals surface area contributed by atoms with Crippen LogP contribution in [0, 0.1) is 6.92 Å². The Hall–Kier alpha value is -1.02. The van der Waals surface area contributed by atoms with Crippen LogP contribution in [0.5, 0.6) is 5.75 Å². The van der Waals surface area contributed by atoms with Crippen molar-refractivity contribution >= 4 is 0 Å². The van der Waals surface area contributed by atoms with Crippen LogP contribution in [0.25, 0.3) is 0 Å². The lowest BCUT2D eigenvalue weighted by atomic mass is 9.88. The Balaban J connectivity index is 1.92. The van der Waals surface area contributed by atoms with Gasteiger partial charge < -0.3 is 10.1 Å². The predicted molar refractivity (Wildman–Crippen MR) is 65.2 cm³/mol. The van der Waals surface area contributed by atoms with E-state index in [0.717, 1.165) is 37.8 Å². The molecule has 1 N–H and O–H groups in total. The van der Waals surface area contributed by atoms with Crippen LogP contribution >= 0.6 is 0 Å². The Morgan fingerprint density at radius 2 is 2.06 bits per heavy atom. The van der Waals surface area contributed by atoms with Crippen LogP contribution in [0.1, 0.15) is 35.4 Å². The van der Waals surface area contributed by atoms with E-state index >= 15 is 0 Å². The average molecular weight is 217 g/mol. The molecule has 0 bridgehead atoms. The van der Waals surface area contributed by atoms with Crippen LogP contribution in [-0.2, 0) is 6.42 Å². The molecular weight excluding hydrogens is 198 g/mol. The first kappa shape index (κ1) is 10.2. The molecule has 0 radical (unpaired) electrons. The molecule has 0 saturated carbocycles. The fourth-order valence-electron chi connectivity index (χ4n) is 2.92. The van der Waals surface area contributed by atoms with E-state index in [2.05, 4.69) is 24.4 Å². The molecule has 0 unspecified atom stereocenters. The molecule has 0 amide bonds. The molecule has 2 aliphatic rings. The van der Waals surface area contributed by atoms with Crippen molar-refractivity contribution in [3.63, 3.8) is 0 Å². The summed E-state index contributed by atoms with van der Waals surface area (Å²) in [6.45, 7) is 5.37. The number of hydrogen-bond acceptors (Lipinski definition) is 2. The monoisotopic (exact) mass is 217 g/mol. The van der Waals surface area contributed by atoms with Gasteiger partial charge in [-0.2, -0.15) is 0 Å². The van der Waals surface area contributed by atoms with E-state index in [1.165, 1.54) is 29.5 Å². The number of nitrogens with one attached hydrogen (secondary N) is 1. The quantitative estimate of drug-likeness (QED) is 0.780. The third-order valence-electron chi connectivity index (χ3n) is 3.80. The van der Waals surface area contributed by atoms with E-state index < -0.39 is 0 Å². The molecule has 1 fully saturated rings. The van der Waals surface area contributed by atoms with Gasteiger partial charge in [-0.25, -0.2) is 0 Å². The lowest BCUT2D eigenvalue weighted by molar-refractivity contribution is 0.354. The average Bonchev–Trinajstić information content (AvgIpc) is 2.79. The van der Waals surface area contributed by atoms with Crippen molar-refractivity contribution in [1.82, 2.24) is 5.32 Å². The van der Waals surface area contributed by atoms with Crippen LogP contribution < -0.4 is 10.1 Å². The first-order valence-corrected chi connectivity index (χ1v) is 6.31. The summed E-state index contributed by atoms with van der Waals surface area (Å²) in [6.07, 6.45) is 3.65. The van der Waals surface area contributed by atoms with E-state index in [0.29, 0.717) is 0 Å². The Morgan fingerprint density at radius 3 is 2.88 bits per heavy atom. The van der Waals surface area contributed by atoms with Gasteiger partial charge in [0.05, 0.1) is 6.61 Å². The third-order valence-corrected chi connectivity index (χ3v) is 3.80. The first-order chi connectivity index (χ1) is 7.84. The summed E-state index contributed by atoms with van der Waals surface area (Å²) in [4.78, 5) is 0. The molecule has 0 aromatic heterocycles.